The Morgan fingerprint density at radius 2 is 0.958 bits per heavy atom. The zero-order valence-electron chi connectivity index (χ0n) is 15.5. The molecule has 144 valence electrons. The fraction of sp³-hybridized carbons (Fsp3) is 0.950. The van der Waals surface area contributed by atoms with Crippen LogP contribution in [0.5, 0.6) is 0 Å². The van der Waals surface area contributed by atoms with Crippen LogP contribution < -0.4 is 0 Å². The van der Waals surface area contributed by atoms with Crippen LogP contribution in [0.4, 0.5) is 0 Å². The summed E-state index contributed by atoms with van der Waals surface area (Å²) in [5.41, 5.74) is 2.31. The SMILES string of the molecule is CC(=O)O[PH](C1CCCCC1)(C1CCCCC1)C1CCCCC1.[Pd]. The van der Waals surface area contributed by atoms with Crippen LogP contribution in [0.2, 0.25) is 0 Å². The summed E-state index contributed by atoms with van der Waals surface area (Å²) in [4.78, 5) is 12.2. The van der Waals surface area contributed by atoms with Gasteiger partial charge in [-0.1, -0.05) is 0 Å². The summed E-state index contributed by atoms with van der Waals surface area (Å²) < 4.78 is 6.56. The molecule has 0 bridgehead atoms. The molecule has 0 amide bonds. The predicted molar refractivity (Wildman–Crippen MR) is 101 cm³/mol. The Kier molecular flexibility index (Phi) is 8.73. The van der Waals surface area contributed by atoms with Crippen LogP contribution in [0.1, 0.15) is 103 Å². The number of rotatable bonds is 4. The van der Waals surface area contributed by atoms with Crippen LogP contribution in [-0.4, -0.2) is 22.9 Å². The molecule has 0 atom stereocenters. The quantitative estimate of drug-likeness (QED) is 0.379. The van der Waals surface area contributed by atoms with Crippen molar-refractivity contribution in [1.82, 2.24) is 0 Å². The molecule has 0 N–H and O–H groups in total. The standard InChI is InChI=1S/C20H37O2P.Pd/c1-17(21)22-23(18-11-5-2-6-12-18,19-13-7-3-8-14-19)20-15-9-4-10-16-20;/h18-20,23H,2-16H2,1H3;. The van der Waals surface area contributed by atoms with E-state index in [4.69, 9.17) is 4.52 Å². The number of hydrogen-bond donors (Lipinski definition) is 0. The van der Waals surface area contributed by atoms with Gasteiger partial charge >= 0.3 is 143 Å². The van der Waals surface area contributed by atoms with Gasteiger partial charge < -0.3 is 0 Å². The van der Waals surface area contributed by atoms with Crippen molar-refractivity contribution in [2.75, 3.05) is 0 Å². The molecule has 3 fully saturated rings. The molecule has 0 aliphatic heterocycles. The van der Waals surface area contributed by atoms with Gasteiger partial charge in [0.25, 0.3) is 0 Å². The minimum Gasteiger partial charge on any atom is 0 e. The summed E-state index contributed by atoms with van der Waals surface area (Å²) in [6.45, 7) is 1.69. The van der Waals surface area contributed by atoms with Crippen LogP contribution >= 0.6 is 7.49 Å². The molecule has 0 spiro atoms. The molecule has 3 rings (SSSR count). The average Bonchev–Trinajstić information content (AvgIpc) is 2.62. The normalized spacial score (nSPS) is 25.7. The van der Waals surface area contributed by atoms with E-state index in [1.807, 2.05) is 0 Å². The van der Waals surface area contributed by atoms with E-state index in [2.05, 4.69) is 0 Å². The van der Waals surface area contributed by atoms with Gasteiger partial charge in [0.2, 0.25) is 0 Å². The maximum atomic E-state index is 12.2. The molecule has 24 heavy (non-hydrogen) atoms. The molecule has 2 nitrogen and oxygen atoms in total. The molecule has 0 heterocycles. The molecule has 3 aliphatic carbocycles. The third kappa shape index (κ3) is 4.64. The topological polar surface area (TPSA) is 26.3 Å². The van der Waals surface area contributed by atoms with Crippen molar-refractivity contribution in [1.29, 1.82) is 0 Å². The van der Waals surface area contributed by atoms with Crippen molar-refractivity contribution in [2.45, 2.75) is 120 Å². The van der Waals surface area contributed by atoms with E-state index in [9.17, 15) is 4.79 Å². The van der Waals surface area contributed by atoms with E-state index in [0.29, 0.717) is 0 Å². The minimum absolute atomic E-state index is 0. The Hall–Kier alpha value is 0.562. The summed E-state index contributed by atoms with van der Waals surface area (Å²) in [5, 5.41) is 0. The van der Waals surface area contributed by atoms with Gasteiger partial charge in [0, 0.05) is 20.4 Å². The summed E-state index contributed by atoms with van der Waals surface area (Å²) in [6.07, 6.45) is 20.6. The van der Waals surface area contributed by atoms with Crippen LogP contribution in [0, 0.1) is 0 Å². The Balaban J connectivity index is 0.00000208. The average molecular weight is 447 g/mol. The first-order chi connectivity index (χ1) is 11.2. The molecule has 3 saturated carbocycles. The Morgan fingerprint density at radius 1 is 0.667 bits per heavy atom. The van der Waals surface area contributed by atoms with E-state index in [1.54, 1.807) is 6.92 Å². The molecule has 3 aliphatic rings. The summed E-state index contributed by atoms with van der Waals surface area (Å²) in [7, 11) is -2.01. The largest absolute Gasteiger partial charge is 0 e. The number of carbonyl (C=O) groups is 1. The molecule has 0 unspecified atom stereocenters. The van der Waals surface area contributed by atoms with Gasteiger partial charge in [-0.25, -0.2) is 0 Å². The van der Waals surface area contributed by atoms with Gasteiger partial charge in [0.1, 0.15) is 0 Å². The Bertz CT molecular complexity index is 338. The molecule has 0 aromatic rings. The molecule has 0 aromatic heterocycles. The van der Waals surface area contributed by atoms with Gasteiger partial charge in [-0.2, -0.15) is 0 Å². The van der Waals surface area contributed by atoms with E-state index in [-0.39, 0.29) is 26.4 Å². The first kappa shape index (κ1) is 20.9. The van der Waals surface area contributed by atoms with Gasteiger partial charge in [0.05, 0.1) is 0 Å². The van der Waals surface area contributed by atoms with Crippen molar-refractivity contribution >= 4 is 13.5 Å². The van der Waals surface area contributed by atoms with Gasteiger partial charge in [-0.15, -0.1) is 0 Å². The van der Waals surface area contributed by atoms with Crippen molar-refractivity contribution in [2.24, 2.45) is 0 Å². The Morgan fingerprint density at radius 3 is 1.21 bits per heavy atom. The van der Waals surface area contributed by atoms with Gasteiger partial charge in [-0.3, -0.25) is 0 Å². The summed E-state index contributed by atoms with van der Waals surface area (Å²) in [6, 6.07) is 0. The predicted octanol–water partition coefficient (Wildman–Crippen LogP) is 6.21. The van der Waals surface area contributed by atoms with Crippen LogP contribution in [0.25, 0.3) is 0 Å². The second-order valence-corrected chi connectivity index (χ2v) is 12.8. The molecular formula is C20H37O2PPd. The van der Waals surface area contributed by atoms with Crippen molar-refractivity contribution < 1.29 is 29.7 Å². The summed E-state index contributed by atoms with van der Waals surface area (Å²) >= 11 is 0. The van der Waals surface area contributed by atoms with Crippen LogP contribution in [0.15, 0.2) is 0 Å². The molecule has 0 aromatic carbocycles. The molecular weight excluding hydrogens is 410 g/mol. The van der Waals surface area contributed by atoms with Gasteiger partial charge in [0.15, 0.2) is 0 Å². The number of carbonyl (C=O) groups excluding carboxylic acids is 1. The first-order valence-electron chi connectivity index (χ1n) is 10.4. The zero-order chi connectivity index (χ0) is 16.1. The fourth-order valence-electron chi connectivity index (χ4n) is 6.16. The zero-order valence-corrected chi connectivity index (χ0v) is 18.0. The second kappa shape index (κ2) is 10.0. The van der Waals surface area contributed by atoms with Crippen molar-refractivity contribution in [3.05, 3.63) is 0 Å². The number of hydrogen-bond acceptors (Lipinski definition) is 2. The van der Waals surface area contributed by atoms with E-state index in [0.717, 1.165) is 17.0 Å². The van der Waals surface area contributed by atoms with Crippen molar-refractivity contribution in [3.8, 4) is 0 Å². The molecule has 4 heteroatoms. The third-order valence-corrected chi connectivity index (χ3v) is 13.3. The smallest absolute Gasteiger partial charge is 0 e. The Labute approximate surface area is 163 Å². The van der Waals surface area contributed by atoms with E-state index >= 15 is 0 Å². The van der Waals surface area contributed by atoms with Gasteiger partial charge in [-0.05, 0) is 0 Å². The molecule has 0 radical (unpaired) electrons. The van der Waals surface area contributed by atoms with E-state index < -0.39 is 7.49 Å². The van der Waals surface area contributed by atoms with Crippen LogP contribution in [-0.2, 0) is 29.7 Å². The third-order valence-electron chi connectivity index (χ3n) is 7.05. The van der Waals surface area contributed by atoms with Crippen molar-refractivity contribution in [3.63, 3.8) is 0 Å². The molecule has 0 saturated heterocycles. The summed E-state index contributed by atoms with van der Waals surface area (Å²) in [5.74, 6) is 0.0402. The van der Waals surface area contributed by atoms with E-state index in [1.165, 1.54) is 96.3 Å². The minimum atomic E-state index is -2.01. The maximum absolute atomic E-state index is 12.2. The maximum Gasteiger partial charge on any atom is 0 e. The van der Waals surface area contributed by atoms with Crippen LogP contribution in [0.3, 0.4) is 0 Å². The second-order valence-electron chi connectivity index (χ2n) is 8.45. The fourth-order valence-corrected chi connectivity index (χ4v) is 13.1. The first-order valence-corrected chi connectivity index (χ1v) is 12.6. The monoisotopic (exact) mass is 446 g/mol.